The average Bonchev–Trinajstić information content (AvgIpc) is 3.20. The van der Waals surface area contributed by atoms with Crippen LogP contribution in [0, 0.1) is 6.92 Å². The Kier molecular flexibility index (Phi) is 6.98. The lowest BCUT2D eigenvalue weighted by molar-refractivity contribution is 0.0953. The molecule has 7 heteroatoms. The average molecular weight is 445 g/mol. The van der Waals surface area contributed by atoms with Crippen LogP contribution in [-0.4, -0.2) is 22.5 Å². The third kappa shape index (κ3) is 5.19. The number of hydrogen-bond acceptors (Lipinski definition) is 5. The zero-order valence-electron chi connectivity index (χ0n) is 19.0. The molecule has 4 rings (SSSR count). The van der Waals surface area contributed by atoms with Crippen molar-refractivity contribution in [1.29, 1.82) is 0 Å². The van der Waals surface area contributed by atoms with E-state index in [0.29, 0.717) is 12.0 Å². The number of aryl methyl sites for hydroxylation is 2. The first-order chi connectivity index (χ1) is 16.1. The number of furan rings is 1. The highest BCUT2D eigenvalue weighted by Crippen LogP contribution is 2.30. The van der Waals surface area contributed by atoms with Gasteiger partial charge >= 0.3 is 0 Å². The van der Waals surface area contributed by atoms with E-state index in [1.165, 1.54) is 5.56 Å². The lowest BCUT2D eigenvalue weighted by Crippen LogP contribution is -2.22. The molecule has 0 saturated carbocycles. The van der Waals surface area contributed by atoms with Crippen LogP contribution in [0.2, 0.25) is 0 Å². The Morgan fingerprint density at radius 2 is 1.82 bits per heavy atom. The third-order valence-corrected chi connectivity index (χ3v) is 5.80. The molecule has 2 amide bonds. The van der Waals surface area contributed by atoms with Gasteiger partial charge in [-0.15, -0.1) is 0 Å². The molecule has 2 heterocycles. The maximum atomic E-state index is 12.9. The van der Waals surface area contributed by atoms with Gasteiger partial charge in [0.1, 0.15) is 5.76 Å². The number of unbranched alkanes of at least 4 members (excludes halogenated alkanes) is 1. The number of carbonyl (C=O) groups excluding carboxylic acids is 2. The molecule has 170 valence electrons. The maximum absolute atomic E-state index is 12.9. The van der Waals surface area contributed by atoms with Gasteiger partial charge < -0.3 is 9.73 Å². The molecule has 1 aliphatic rings. The van der Waals surface area contributed by atoms with E-state index in [1.807, 2.05) is 31.2 Å². The van der Waals surface area contributed by atoms with Crippen LogP contribution >= 0.6 is 0 Å². The van der Waals surface area contributed by atoms with E-state index in [4.69, 9.17) is 4.42 Å². The minimum Gasteiger partial charge on any atom is -0.455 e. The van der Waals surface area contributed by atoms with E-state index < -0.39 is 0 Å². The quantitative estimate of drug-likeness (QED) is 0.499. The van der Waals surface area contributed by atoms with Gasteiger partial charge in [-0.25, -0.2) is 5.43 Å². The Bertz CT molecular complexity index is 1160. The molecule has 0 radical (unpaired) electrons. The summed E-state index contributed by atoms with van der Waals surface area (Å²) in [6.07, 6.45) is 8.72. The van der Waals surface area contributed by atoms with Gasteiger partial charge in [-0.05, 0) is 62.4 Å². The first kappa shape index (κ1) is 22.5. The Balaban J connectivity index is 1.50. The smallest absolute Gasteiger partial charge is 0.291 e. The van der Waals surface area contributed by atoms with Crippen molar-refractivity contribution < 1.29 is 14.0 Å². The van der Waals surface area contributed by atoms with Gasteiger partial charge in [-0.3, -0.25) is 14.6 Å². The number of carbonyl (C=O) groups is 2. The fourth-order valence-corrected chi connectivity index (χ4v) is 4.01. The van der Waals surface area contributed by atoms with Crippen LogP contribution in [0.4, 0.5) is 5.69 Å². The summed E-state index contributed by atoms with van der Waals surface area (Å²) in [7, 11) is 0. The zero-order chi connectivity index (χ0) is 23.2. The number of rotatable bonds is 7. The molecule has 0 spiro atoms. The Morgan fingerprint density at radius 3 is 2.55 bits per heavy atom. The third-order valence-electron chi connectivity index (χ3n) is 5.80. The van der Waals surface area contributed by atoms with Gasteiger partial charge in [-0.2, -0.15) is 5.10 Å². The summed E-state index contributed by atoms with van der Waals surface area (Å²) in [4.78, 5) is 29.2. The molecule has 2 N–H and O–H groups in total. The number of aromatic nitrogens is 1. The number of amides is 2. The van der Waals surface area contributed by atoms with Gasteiger partial charge in [0, 0.05) is 41.2 Å². The van der Waals surface area contributed by atoms with E-state index >= 15 is 0 Å². The molecular formula is C26H28N4O3. The number of hydrazone groups is 1. The standard InChI is InChI=1S/C26H28N4O3/c1-3-4-6-18-9-11-20(12-10-18)28-26(32)24-17(2)23-21(7-5-8-22(23)33-24)29-30-25(31)19-13-15-27-16-14-19/h9-16H,3-8H2,1-2H3,(H,28,32)(H,30,31)/b29-21+. The number of benzene rings is 1. The summed E-state index contributed by atoms with van der Waals surface area (Å²) < 4.78 is 5.96. The normalized spacial score (nSPS) is 14.1. The Morgan fingerprint density at radius 1 is 1.06 bits per heavy atom. The molecule has 0 bridgehead atoms. The van der Waals surface area contributed by atoms with Crippen molar-refractivity contribution >= 4 is 23.2 Å². The number of anilines is 1. The first-order valence-corrected chi connectivity index (χ1v) is 11.4. The summed E-state index contributed by atoms with van der Waals surface area (Å²) in [5.74, 6) is 0.419. The molecule has 33 heavy (non-hydrogen) atoms. The van der Waals surface area contributed by atoms with E-state index in [2.05, 4.69) is 27.8 Å². The molecule has 0 fully saturated rings. The van der Waals surface area contributed by atoms with Crippen LogP contribution in [0.1, 0.15) is 76.0 Å². The molecule has 0 aliphatic heterocycles. The number of pyridine rings is 1. The molecule has 0 saturated heterocycles. The molecule has 0 atom stereocenters. The Hall–Kier alpha value is -3.74. The van der Waals surface area contributed by atoms with Crippen molar-refractivity contribution in [2.24, 2.45) is 5.10 Å². The summed E-state index contributed by atoms with van der Waals surface area (Å²) in [5.41, 5.74) is 7.36. The highest BCUT2D eigenvalue weighted by atomic mass is 16.4. The van der Waals surface area contributed by atoms with E-state index in [1.54, 1.807) is 24.5 Å². The molecular weight excluding hydrogens is 416 g/mol. The molecule has 0 unspecified atom stereocenters. The van der Waals surface area contributed by atoms with Crippen molar-refractivity contribution in [3.8, 4) is 0 Å². The molecule has 1 aliphatic carbocycles. The molecule has 3 aromatic rings. The van der Waals surface area contributed by atoms with Crippen LogP contribution in [0.3, 0.4) is 0 Å². The lowest BCUT2D eigenvalue weighted by Gasteiger charge is -2.13. The maximum Gasteiger partial charge on any atom is 0.291 e. The van der Waals surface area contributed by atoms with E-state index in [-0.39, 0.29) is 17.6 Å². The van der Waals surface area contributed by atoms with Crippen molar-refractivity contribution in [3.63, 3.8) is 0 Å². The second-order valence-corrected chi connectivity index (χ2v) is 8.20. The molecule has 7 nitrogen and oxygen atoms in total. The Labute approximate surface area is 193 Å². The fraction of sp³-hybridized carbons (Fsp3) is 0.308. The second kappa shape index (κ2) is 10.3. The summed E-state index contributed by atoms with van der Waals surface area (Å²) in [6.45, 7) is 4.03. The largest absolute Gasteiger partial charge is 0.455 e. The second-order valence-electron chi connectivity index (χ2n) is 8.20. The molecule has 1 aromatic carbocycles. The van der Waals surface area contributed by atoms with Crippen molar-refractivity contribution in [1.82, 2.24) is 10.4 Å². The van der Waals surface area contributed by atoms with Gasteiger partial charge in [0.2, 0.25) is 0 Å². The van der Waals surface area contributed by atoms with Crippen molar-refractivity contribution in [2.75, 3.05) is 5.32 Å². The van der Waals surface area contributed by atoms with Gasteiger partial charge in [0.15, 0.2) is 5.76 Å². The number of nitrogens with zero attached hydrogens (tertiary/aromatic N) is 2. The topological polar surface area (TPSA) is 96.6 Å². The van der Waals surface area contributed by atoms with E-state index in [0.717, 1.165) is 60.4 Å². The predicted molar refractivity (Wildman–Crippen MR) is 128 cm³/mol. The fourth-order valence-electron chi connectivity index (χ4n) is 4.01. The van der Waals surface area contributed by atoms with Crippen LogP contribution in [0.15, 0.2) is 58.3 Å². The predicted octanol–water partition coefficient (Wildman–Crippen LogP) is 5.05. The number of hydrogen-bond donors (Lipinski definition) is 2. The lowest BCUT2D eigenvalue weighted by atomic mass is 9.93. The molecule has 2 aromatic heterocycles. The van der Waals surface area contributed by atoms with Gasteiger partial charge in [0.05, 0.1) is 5.71 Å². The highest BCUT2D eigenvalue weighted by molar-refractivity contribution is 6.09. The first-order valence-electron chi connectivity index (χ1n) is 11.4. The van der Waals surface area contributed by atoms with Crippen LogP contribution in [-0.2, 0) is 12.8 Å². The summed E-state index contributed by atoms with van der Waals surface area (Å²) in [5, 5.41) is 7.29. The van der Waals surface area contributed by atoms with Crippen LogP contribution in [0.25, 0.3) is 0 Å². The highest BCUT2D eigenvalue weighted by Gasteiger charge is 2.28. The SMILES string of the molecule is CCCCc1ccc(NC(=O)c2oc3c(c2C)/C(=N/NC(=O)c2ccncc2)CCC3)cc1. The van der Waals surface area contributed by atoms with Crippen LogP contribution in [0.5, 0.6) is 0 Å². The van der Waals surface area contributed by atoms with Gasteiger partial charge in [-0.1, -0.05) is 25.5 Å². The minimum absolute atomic E-state index is 0.283. The minimum atomic E-state index is -0.307. The van der Waals surface area contributed by atoms with Crippen LogP contribution < -0.4 is 10.7 Å². The van der Waals surface area contributed by atoms with E-state index in [9.17, 15) is 9.59 Å². The van der Waals surface area contributed by atoms with Crippen molar-refractivity contribution in [3.05, 3.63) is 82.6 Å². The van der Waals surface area contributed by atoms with Gasteiger partial charge in [0.25, 0.3) is 11.8 Å². The number of fused-ring (bicyclic) bond motifs is 1. The number of nitrogens with one attached hydrogen (secondary N) is 2. The van der Waals surface area contributed by atoms with Crippen molar-refractivity contribution in [2.45, 2.75) is 52.4 Å². The monoisotopic (exact) mass is 444 g/mol. The summed E-state index contributed by atoms with van der Waals surface area (Å²) >= 11 is 0. The summed E-state index contributed by atoms with van der Waals surface area (Å²) in [6, 6.07) is 11.2. The zero-order valence-corrected chi connectivity index (χ0v) is 19.0.